The summed E-state index contributed by atoms with van der Waals surface area (Å²) in [6.07, 6.45) is -0.633. The zero-order valence-corrected chi connectivity index (χ0v) is 15.1. The molecule has 0 amide bonds. The van der Waals surface area contributed by atoms with Crippen LogP contribution in [0.2, 0.25) is 0 Å². The Bertz CT molecular complexity index is 773. The van der Waals surface area contributed by atoms with Crippen LogP contribution < -0.4 is 4.74 Å². The van der Waals surface area contributed by atoms with Gasteiger partial charge in [-0.1, -0.05) is 19.1 Å². The summed E-state index contributed by atoms with van der Waals surface area (Å²) in [5, 5.41) is 28.0. The van der Waals surface area contributed by atoms with E-state index in [1.54, 1.807) is 24.3 Å². The van der Waals surface area contributed by atoms with Gasteiger partial charge in [-0.05, 0) is 55.4 Å². The quantitative estimate of drug-likeness (QED) is 0.791. The molecule has 0 fully saturated rings. The first-order valence-electron chi connectivity index (χ1n) is 8.62. The van der Waals surface area contributed by atoms with E-state index in [2.05, 4.69) is 24.0 Å². The van der Waals surface area contributed by atoms with Gasteiger partial charge >= 0.3 is 0 Å². The van der Waals surface area contributed by atoms with Gasteiger partial charge in [0.1, 0.15) is 18.5 Å². The molecule has 0 saturated heterocycles. The predicted octanol–water partition coefficient (Wildman–Crippen LogP) is 3.25. The normalized spacial score (nSPS) is 12.8. The summed E-state index contributed by atoms with van der Waals surface area (Å²) >= 11 is 0. The third-order valence-electron chi connectivity index (χ3n) is 4.35. The Hall–Kier alpha value is -2.86. The number of aliphatic hydroxyl groups is 1. The van der Waals surface area contributed by atoms with Crippen molar-refractivity contribution in [3.63, 3.8) is 0 Å². The number of hydrogen-bond donors (Lipinski definition) is 1. The number of hydrogen-bond acceptors (Lipinski definition) is 5. The maximum absolute atomic E-state index is 10.3. The second-order valence-corrected chi connectivity index (χ2v) is 6.10. The highest BCUT2D eigenvalue weighted by Gasteiger charge is 2.18. The fourth-order valence-corrected chi connectivity index (χ4v) is 2.75. The van der Waals surface area contributed by atoms with Crippen molar-refractivity contribution in [1.82, 2.24) is 4.90 Å². The van der Waals surface area contributed by atoms with E-state index < -0.39 is 6.10 Å². The number of benzene rings is 2. The molecular formula is C21H23N3O2. The van der Waals surface area contributed by atoms with Gasteiger partial charge in [0.25, 0.3) is 0 Å². The molecule has 134 valence electrons. The molecule has 0 aliphatic heterocycles. The van der Waals surface area contributed by atoms with Crippen LogP contribution in [0.5, 0.6) is 5.75 Å². The molecule has 0 heterocycles. The highest BCUT2D eigenvalue weighted by Crippen LogP contribution is 2.21. The van der Waals surface area contributed by atoms with Crippen molar-refractivity contribution in [2.75, 3.05) is 19.7 Å². The van der Waals surface area contributed by atoms with Crippen molar-refractivity contribution in [1.29, 1.82) is 10.5 Å². The highest BCUT2D eigenvalue weighted by molar-refractivity contribution is 5.34. The van der Waals surface area contributed by atoms with E-state index in [0.29, 0.717) is 23.4 Å². The Balaban J connectivity index is 1.90. The molecule has 0 saturated carbocycles. The van der Waals surface area contributed by atoms with Gasteiger partial charge in [0.2, 0.25) is 0 Å². The van der Waals surface area contributed by atoms with Gasteiger partial charge in [-0.15, -0.1) is 0 Å². The minimum atomic E-state index is -0.633. The van der Waals surface area contributed by atoms with Crippen LogP contribution in [0.1, 0.15) is 36.6 Å². The third-order valence-corrected chi connectivity index (χ3v) is 4.35. The number of nitriles is 2. The minimum absolute atomic E-state index is 0.123. The number of ether oxygens (including phenoxy) is 1. The molecule has 2 aromatic carbocycles. The second kappa shape index (κ2) is 9.58. The van der Waals surface area contributed by atoms with Crippen molar-refractivity contribution in [2.24, 2.45) is 0 Å². The van der Waals surface area contributed by atoms with E-state index in [0.717, 1.165) is 12.1 Å². The van der Waals surface area contributed by atoms with Crippen molar-refractivity contribution in [3.05, 3.63) is 65.2 Å². The van der Waals surface area contributed by atoms with Crippen molar-refractivity contribution < 1.29 is 9.84 Å². The molecular weight excluding hydrogens is 326 g/mol. The lowest BCUT2D eigenvalue weighted by Gasteiger charge is -2.30. The Labute approximate surface area is 154 Å². The average molecular weight is 349 g/mol. The lowest BCUT2D eigenvalue weighted by molar-refractivity contribution is 0.0568. The van der Waals surface area contributed by atoms with E-state index in [1.165, 1.54) is 0 Å². The van der Waals surface area contributed by atoms with E-state index in [1.807, 2.05) is 31.2 Å². The number of rotatable bonds is 8. The van der Waals surface area contributed by atoms with Gasteiger partial charge in [0, 0.05) is 12.6 Å². The highest BCUT2D eigenvalue weighted by atomic mass is 16.5. The van der Waals surface area contributed by atoms with Crippen LogP contribution in [0, 0.1) is 22.7 Å². The van der Waals surface area contributed by atoms with Crippen LogP contribution in [0.3, 0.4) is 0 Å². The second-order valence-electron chi connectivity index (χ2n) is 6.10. The van der Waals surface area contributed by atoms with Gasteiger partial charge in [-0.2, -0.15) is 10.5 Å². The summed E-state index contributed by atoms with van der Waals surface area (Å²) in [4.78, 5) is 2.16. The van der Waals surface area contributed by atoms with E-state index in [-0.39, 0.29) is 12.6 Å². The molecule has 0 radical (unpaired) electrons. The molecule has 2 unspecified atom stereocenters. The molecule has 2 aromatic rings. The van der Waals surface area contributed by atoms with Crippen LogP contribution in [-0.2, 0) is 0 Å². The number of likely N-dealkylation sites (N-methyl/N-ethyl adjacent to an activating group) is 1. The summed E-state index contributed by atoms with van der Waals surface area (Å²) in [6, 6.07) is 18.6. The zero-order chi connectivity index (χ0) is 18.9. The van der Waals surface area contributed by atoms with Crippen LogP contribution >= 0.6 is 0 Å². The lowest BCUT2D eigenvalue weighted by atomic mass is 10.0. The monoisotopic (exact) mass is 349 g/mol. The fraction of sp³-hybridized carbons (Fsp3) is 0.333. The van der Waals surface area contributed by atoms with Gasteiger partial charge in [0.05, 0.1) is 23.3 Å². The minimum Gasteiger partial charge on any atom is -0.491 e. The van der Waals surface area contributed by atoms with Crippen LogP contribution in [0.25, 0.3) is 0 Å². The number of nitrogens with zero attached hydrogens (tertiary/aromatic N) is 3. The maximum atomic E-state index is 10.3. The first-order chi connectivity index (χ1) is 12.6. The van der Waals surface area contributed by atoms with E-state index in [4.69, 9.17) is 15.3 Å². The summed E-state index contributed by atoms with van der Waals surface area (Å²) < 4.78 is 5.61. The predicted molar refractivity (Wildman–Crippen MR) is 99.5 cm³/mol. The summed E-state index contributed by atoms with van der Waals surface area (Å²) in [7, 11) is 0. The first kappa shape index (κ1) is 19.5. The molecule has 0 aliphatic rings. The molecule has 2 rings (SSSR count). The van der Waals surface area contributed by atoms with Crippen molar-refractivity contribution >= 4 is 0 Å². The molecule has 5 heteroatoms. The Morgan fingerprint density at radius 2 is 1.54 bits per heavy atom. The molecule has 0 spiro atoms. The van der Waals surface area contributed by atoms with E-state index in [9.17, 15) is 5.11 Å². The van der Waals surface area contributed by atoms with Crippen LogP contribution in [-0.4, -0.2) is 35.8 Å². The standard InChI is InChI=1S/C21H23N3O2/c1-3-24(16(2)19-8-4-17(12-22)5-9-19)14-20(25)15-26-21-10-6-18(13-23)7-11-21/h4-11,16,20,25H,3,14-15H2,1-2H3. The van der Waals surface area contributed by atoms with Crippen molar-refractivity contribution in [2.45, 2.75) is 26.0 Å². The van der Waals surface area contributed by atoms with Gasteiger partial charge in [-0.25, -0.2) is 0 Å². The number of aliphatic hydroxyl groups excluding tert-OH is 1. The Morgan fingerprint density at radius 1 is 1.00 bits per heavy atom. The molecule has 1 N–H and O–H groups in total. The van der Waals surface area contributed by atoms with Crippen LogP contribution in [0.15, 0.2) is 48.5 Å². The largest absolute Gasteiger partial charge is 0.491 e. The molecule has 2 atom stereocenters. The average Bonchev–Trinajstić information content (AvgIpc) is 2.70. The molecule has 5 nitrogen and oxygen atoms in total. The van der Waals surface area contributed by atoms with Gasteiger partial charge in [0.15, 0.2) is 0 Å². The lowest BCUT2D eigenvalue weighted by Crippen LogP contribution is -2.37. The Morgan fingerprint density at radius 3 is 2.04 bits per heavy atom. The molecule has 26 heavy (non-hydrogen) atoms. The van der Waals surface area contributed by atoms with Crippen LogP contribution in [0.4, 0.5) is 0 Å². The third kappa shape index (κ3) is 5.32. The summed E-state index contributed by atoms with van der Waals surface area (Å²) in [5.41, 5.74) is 2.32. The first-order valence-corrected chi connectivity index (χ1v) is 8.62. The zero-order valence-electron chi connectivity index (χ0n) is 15.1. The molecule has 0 bridgehead atoms. The summed E-state index contributed by atoms with van der Waals surface area (Å²) in [6.45, 7) is 5.58. The Kier molecular flexibility index (Phi) is 7.17. The molecule has 0 aliphatic carbocycles. The summed E-state index contributed by atoms with van der Waals surface area (Å²) in [5.74, 6) is 0.631. The smallest absolute Gasteiger partial charge is 0.119 e. The topological polar surface area (TPSA) is 80.3 Å². The fourth-order valence-electron chi connectivity index (χ4n) is 2.75. The van der Waals surface area contributed by atoms with Gasteiger partial charge in [-0.3, -0.25) is 4.90 Å². The van der Waals surface area contributed by atoms with E-state index >= 15 is 0 Å². The van der Waals surface area contributed by atoms with Gasteiger partial charge < -0.3 is 9.84 Å². The van der Waals surface area contributed by atoms with Crippen molar-refractivity contribution in [3.8, 4) is 17.9 Å². The SMILES string of the molecule is CCN(CC(O)COc1ccc(C#N)cc1)C(C)c1ccc(C#N)cc1. The molecule has 0 aromatic heterocycles. The maximum Gasteiger partial charge on any atom is 0.119 e.